The summed E-state index contributed by atoms with van der Waals surface area (Å²) in [5, 5.41) is 13.2. The quantitative estimate of drug-likeness (QED) is 0.167. The molecule has 15 heteroatoms. The molecule has 0 spiro atoms. The Hall–Kier alpha value is -2.41. The minimum absolute atomic E-state index is 0.202. The molecule has 1 saturated heterocycles. The highest BCUT2D eigenvalue weighted by Crippen LogP contribution is 2.46. The number of esters is 1. The summed E-state index contributed by atoms with van der Waals surface area (Å²) in [5.41, 5.74) is -1.39. The largest absolute Gasteiger partial charge is 0.462 e. The molecule has 3 N–H and O–H groups in total. The van der Waals surface area contributed by atoms with Gasteiger partial charge in [-0.05, 0) is 26.0 Å². The number of ether oxygens (including phenoxy) is 2. The van der Waals surface area contributed by atoms with Gasteiger partial charge in [0.05, 0.1) is 23.6 Å². The molecule has 0 radical (unpaired) electrons. The zero-order valence-electron chi connectivity index (χ0n) is 19.3. The number of carbonyl (C=O) groups excluding carboxylic acids is 1. The van der Waals surface area contributed by atoms with Crippen LogP contribution in [0.1, 0.15) is 20.1 Å². The average molecular weight is 530 g/mol. The maximum atomic E-state index is 13.4. The van der Waals surface area contributed by atoms with Gasteiger partial charge in [-0.25, -0.2) is 14.4 Å². The summed E-state index contributed by atoms with van der Waals surface area (Å²) in [7, 11) is -2.72. The topological polar surface area (TPSA) is 158 Å². The Kier molecular flexibility index (Phi) is 8.63. The molecule has 1 fully saturated rings. The predicted molar refractivity (Wildman–Crippen MR) is 128 cm³/mol. The van der Waals surface area contributed by atoms with Gasteiger partial charge in [0.15, 0.2) is 6.23 Å². The highest BCUT2D eigenvalue weighted by Gasteiger charge is 2.53. The molecule has 5 atom stereocenters. The highest BCUT2D eigenvalue weighted by molar-refractivity contribution is 7.52. The normalized spacial score (nSPS) is 25.8. The lowest BCUT2D eigenvalue weighted by molar-refractivity contribution is -0.146. The van der Waals surface area contributed by atoms with E-state index in [1.54, 1.807) is 44.2 Å². The minimum atomic E-state index is -4.17. The number of alkyl halides is 1. The molecule has 0 saturated carbocycles. The zero-order chi connectivity index (χ0) is 25.8. The van der Waals surface area contributed by atoms with Crippen molar-refractivity contribution in [3.05, 3.63) is 63.4 Å². The standard InChI is InChI=1S/C20H26BClN3O9P/c1-12(2)32-16(27)10-23-35(30,34-13-6-4-3-5-7-13)31-11-14-17(28)20(21,22)18(33-14)25-9-8-15(26)24-19(25)29/h3-9,12,14,17-18,28H,10-11,21H2,1-2H3,(H,23,30)(H,24,26,29)/t14-,17-,18-,20+,35?/m1/s1. The number of rotatable bonds is 10. The van der Waals surface area contributed by atoms with Crippen molar-refractivity contribution in [2.45, 2.75) is 43.2 Å². The maximum absolute atomic E-state index is 13.4. The molecule has 35 heavy (non-hydrogen) atoms. The van der Waals surface area contributed by atoms with Gasteiger partial charge >= 0.3 is 19.4 Å². The molecule has 3 rings (SSSR count). The van der Waals surface area contributed by atoms with Gasteiger partial charge in [-0.1, -0.05) is 18.2 Å². The fraction of sp³-hybridized carbons (Fsp3) is 0.450. The van der Waals surface area contributed by atoms with Crippen molar-refractivity contribution in [2.75, 3.05) is 13.2 Å². The number of hydrogen-bond acceptors (Lipinski definition) is 9. The lowest BCUT2D eigenvalue weighted by Crippen LogP contribution is -2.45. The second-order valence-electron chi connectivity index (χ2n) is 8.21. The Morgan fingerprint density at radius 3 is 2.66 bits per heavy atom. The van der Waals surface area contributed by atoms with Crippen molar-refractivity contribution in [1.82, 2.24) is 14.6 Å². The average Bonchev–Trinajstić information content (AvgIpc) is 3.00. The van der Waals surface area contributed by atoms with E-state index in [0.717, 1.165) is 10.6 Å². The molecule has 1 aromatic heterocycles. The van der Waals surface area contributed by atoms with E-state index in [0.29, 0.717) is 0 Å². The van der Waals surface area contributed by atoms with E-state index in [1.807, 2.05) is 0 Å². The zero-order valence-corrected chi connectivity index (χ0v) is 20.9. The minimum Gasteiger partial charge on any atom is -0.462 e. The number of H-pyrrole nitrogens is 1. The van der Waals surface area contributed by atoms with Crippen LogP contribution in [-0.4, -0.2) is 64.7 Å². The van der Waals surface area contributed by atoms with E-state index in [1.165, 1.54) is 14.0 Å². The third kappa shape index (κ3) is 6.84. The summed E-state index contributed by atoms with van der Waals surface area (Å²) >= 11 is 6.50. The SMILES string of the molecule is B[C@]1(Cl)[C@H](O)[C@@H](COP(=O)(NCC(=O)OC(C)C)Oc2ccccc2)O[C@H]1n1ccc(=O)[nH]c1=O. The van der Waals surface area contributed by atoms with Gasteiger partial charge in [0.2, 0.25) is 0 Å². The van der Waals surface area contributed by atoms with E-state index in [-0.39, 0.29) is 11.9 Å². The van der Waals surface area contributed by atoms with Gasteiger partial charge in [-0.3, -0.25) is 23.7 Å². The van der Waals surface area contributed by atoms with Gasteiger partial charge in [0.25, 0.3) is 5.56 Å². The Morgan fingerprint density at radius 1 is 1.34 bits per heavy atom. The third-order valence-electron chi connectivity index (χ3n) is 4.98. The van der Waals surface area contributed by atoms with Gasteiger partial charge in [0, 0.05) is 12.3 Å². The Labute approximate surface area is 206 Å². The van der Waals surface area contributed by atoms with Crippen LogP contribution in [0.3, 0.4) is 0 Å². The Balaban J connectivity index is 1.76. The molecule has 0 amide bonds. The lowest BCUT2D eigenvalue weighted by Gasteiger charge is -2.26. The van der Waals surface area contributed by atoms with Crippen molar-refractivity contribution in [3.8, 4) is 5.75 Å². The van der Waals surface area contributed by atoms with Crippen LogP contribution in [0.5, 0.6) is 5.75 Å². The number of nitrogens with one attached hydrogen (secondary N) is 2. The summed E-state index contributed by atoms with van der Waals surface area (Å²) < 4.78 is 34.7. The van der Waals surface area contributed by atoms with Gasteiger partial charge in [-0.2, -0.15) is 0 Å². The highest BCUT2D eigenvalue weighted by atomic mass is 35.5. The molecule has 190 valence electrons. The first-order valence-electron chi connectivity index (χ1n) is 10.7. The Morgan fingerprint density at radius 2 is 2.03 bits per heavy atom. The van der Waals surface area contributed by atoms with E-state index in [2.05, 4.69) is 10.1 Å². The van der Waals surface area contributed by atoms with Crippen molar-refractivity contribution in [3.63, 3.8) is 0 Å². The molecule has 0 bridgehead atoms. The number of aromatic amines is 1. The van der Waals surface area contributed by atoms with Crippen LogP contribution in [0.25, 0.3) is 0 Å². The van der Waals surface area contributed by atoms with E-state index in [9.17, 15) is 24.1 Å². The number of carbonyl (C=O) groups is 1. The molecular formula is C20H26BClN3O9P. The number of halogens is 1. The molecule has 1 aliphatic heterocycles. The van der Waals surface area contributed by atoms with Crippen molar-refractivity contribution >= 4 is 33.2 Å². The molecule has 1 unspecified atom stereocenters. The van der Waals surface area contributed by atoms with Crippen LogP contribution in [0.2, 0.25) is 0 Å². The number of aliphatic hydroxyl groups excluding tert-OH is 1. The first kappa shape index (κ1) is 27.2. The third-order valence-corrected chi connectivity index (χ3v) is 6.88. The smallest absolute Gasteiger partial charge is 0.459 e. The Bertz CT molecular complexity index is 1190. The lowest BCUT2D eigenvalue weighted by atomic mass is 9.79. The molecule has 2 aromatic rings. The van der Waals surface area contributed by atoms with E-state index >= 15 is 0 Å². The monoisotopic (exact) mass is 529 g/mol. The number of benzene rings is 1. The number of para-hydroxylation sites is 1. The molecule has 0 aliphatic carbocycles. The van der Waals surface area contributed by atoms with Crippen LogP contribution in [0.15, 0.2) is 52.2 Å². The van der Waals surface area contributed by atoms with Crippen LogP contribution in [-0.2, 0) is 23.4 Å². The maximum Gasteiger partial charge on any atom is 0.459 e. The fourth-order valence-corrected chi connectivity index (χ4v) is 4.90. The molecule has 1 aromatic carbocycles. The van der Waals surface area contributed by atoms with E-state index < -0.39 is 61.3 Å². The van der Waals surface area contributed by atoms with Crippen molar-refractivity contribution in [1.29, 1.82) is 0 Å². The fourth-order valence-electron chi connectivity index (χ4n) is 3.32. The summed E-state index contributed by atoms with van der Waals surface area (Å²) in [4.78, 5) is 37.6. The van der Waals surface area contributed by atoms with Crippen LogP contribution in [0, 0.1) is 0 Å². The summed E-state index contributed by atoms with van der Waals surface area (Å²) in [5.74, 6) is -0.475. The van der Waals surface area contributed by atoms with Crippen molar-refractivity contribution < 1.29 is 33.0 Å². The van der Waals surface area contributed by atoms with Crippen LogP contribution in [0.4, 0.5) is 0 Å². The molecular weight excluding hydrogens is 503 g/mol. The predicted octanol–water partition coefficient (Wildman–Crippen LogP) is 0.108. The number of aromatic nitrogens is 2. The summed E-state index contributed by atoms with van der Waals surface area (Å²) in [6.45, 7) is 2.38. The van der Waals surface area contributed by atoms with Gasteiger partial charge in [-0.15, -0.1) is 11.6 Å². The number of hydrogen-bond donors (Lipinski definition) is 3. The van der Waals surface area contributed by atoms with E-state index in [4.69, 9.17) is 30.1 Å². The molecule has 2 heterocycles. The van der Waals surface area contributed by atoms with Crippen LogP contribution < -0.4 is 20.9 Å². The first-order chi connectivity index (χ1) is 16.4. The van der Waals surface area contributed by atoms with Crippen molar-refractivity contribution in [2.24, 2.45) is 0 Å². The number of nitrogens with zero attached hydrogens (tertiary/aromatic N) is 1. The first-order valence-corrected chi connectivity index (χ1v) is 12.6. The number of aliphatic hydroxyl groups is 1. The molecule has 1 aliphatic rings. The van der Waals surface area contributed by atoms with Gasteiger partial charge < -0.3 is 19.1 Å². The second kappa shape index (κ2) is 11.1. The summed E-state index contributed by atoms with van der Waals surface area (Å²) in [6, 6.07) is 9.23. The van der Waals surface area contributed by atoms with Crippen LogP contribution >= 0.6 is 19.3 Å². The molecule has 12 nitrogen and oxygen atoms in total. The van der Waals surface area contributed by atoms with Gasteiger partial charge in [0.1, 0.15) is 26.2 Å². The summed E-state index contributed by atoms with van der Waals surface area (Å²) in [6.07, 6.45) is -2.88. The second-order valence-corrected chi connectivity index (χ2v) is 10.8.